The second-order valence-corrected chi connectivity index (χ2v) is 4.38. The molecule has 0 spiro atoms. The van der Waals surface area contributed by atoms with Gasteiger partial charge in [-0.05, 0) is 12.1 Å². The molecule has 0 fully saturated rings. The van der Waals surface area contributed by atoms with Gasteiger partial charge >= 0.3 is 0 Å². The molecule has 0 amide bonds. The minimum atomic E-state index is 0.266. The van der Waals surface area contributed by atoms with E-state index in [0.29, 0.717) is 6.54 Å². The molecule has 2 heterocycles. The van der Waals surface area contributed by atoms with Crippen LogP contribution in [0.4, 0.5) is 5.13 Å². The van der Waals surface area contributed by atoms with Crippen LogP contribution in [-0.4, -0.2) is 35.9 Å². The summed E-state index contributed by atoms with van der Waals surface area (Å²) in [5, 5.41) is 9.00. The summed E-state index contributed by atoms with van der Waals surface area (Å²) in [6.07, 6.45) is 5.29. The molecule has 2 aromatic rings. The van der Waals surface area contributed by atoms with Crippen molar-refractivity contribution in [3.05, 3.63) is 29.9 Å². The lowest BCUT2D eigenvalue weighted by Gasteiger charge is -2.01. The summed E-state index contributed by atoms with van der Waals surface area (Å²) < 4.78 is 0. The number of rotatable bonds is 7. The average molecular weight is 261 g/mol. The Labute approximate surface area is 109 Å². The molecular formula is C12H13N4OS. The second kappa shape index (κ2) is 6.83. The van der Waals surface area contributed by atoms with E-state index < -0.39 is 0 Å². The lowest BCUT2D eigenvalue weighted by atomic mass is 10.2. The summed E-state index contributed by atoms with van der Waals surface area (Å²) >= 11 is 1.56. The fourth-order valence-corrected chi connectivity index (χ4v) is 2.16. The Bertz CT molecular complexity index is 486. The van der Waals surface area contributed by atoms with Crippen molar-refractivity contribution >= 4 is 22.8 Å². The Morgan fingerprint density at radius 2 is 2.11 bits per heavy atom. The standard InChI is InChI=1S/C12H13N4OS/c17-8-7-14-5-6-15-12-16-11(9-18-12)10-1-3-13-4-2-10/h1-4,9,14H,5-7H2,(H,15,16). The summed E-state index contributed by atoms with van der Waals surface area (Å²) in [5.74, 6) is 0. The maximum atomic E-state index is 9.97. The largest absolute Gasteiger partial charge is 0.360 e. The number of aromatic nitrogens is 2. The Kier molecular flexibility index (Phi) is 4.80. The fourth-order valence-electron chi connectivity index (χ4n) is 1.41. The van der Waals surface area contributed by atoms with Crippen LogP contribution in [0.1, 0.15) is 0 Å². The van der Waals surface area contributed by atoms with Crippen molar-refractivity contribution in [2.75, 3.05) is 25.0 Å². The highest BCUT2D eigenvalue weighted by atomic mass is 32.1. The van der Waals surface area contributed by atoms with Gasteiger partial charge in [-0.3, -0.25) is 9.78 Å². The average Bonchev–Trinajstić information content (AvgIpc) is 2.88. The van der Waals surface area contributed by atoms with Gasteiger partial charge in [-0.1, -0.05) is 0 Å². The highest BCUT2D eigenvalue weighted by molar-refractivity contribution is 7.14. The van der Waals surface area contributed by atoms with Gasteiger partial charge in [0.2, 0.25) is 6.29 Å². The van der Waals surface area contributed by atoms with Gasteiger partial charge in [0.15, 0.2) is 5.13 Å². The molecule has 2 rings (SSSR count). The number of nitrogens with zero attached hydrogens (tertiary/aromatic N) is 2. The molecular weight excluding hydrogens is 248 g/mol. The zero-order valence-corrected chi connectivity index (χ0v) is 10.5. The topological polar surface area (TPSA) is 66.9 Å². The third-order valence-corrected chi connectivity index (χ3v) is 3.06. The van der Waals surface area contributed by atoms with Crippen molar-refractivity contribution in [2.45, 2.75) is 0 Å². The van der Waals surface area contributed by atoms with Crippen LogP contribution < -0.4 is 10.6 Å². The molecule has 0 saturated carbocycles. The molecule has 0 aromatic carbocycles. The van der Waals surface area contributed by atoms with Crippen LogP contribution in [0.2, 0.25) is 0 Å². The van der Waals surface area contributed by atoms with Crippen LogP contribution in [0.25, 0.3) is 11.3 Å². The van der Waals surface area contributed by atoms with Gasteiger partial charge < -0.3 is 10.6 Å². The smallest absolute Gasteiger partial charge is 0.213 e. The number of hydrogen-bond acceptors (Lipinski definition) is 6. The zero-order valence-electron chi connectivity index (χ0n) is 9.72. The number of pyridine rings is 1. The molecule has 18 heavy (non-hydrogen) atoms. The van der Waals surface area contributed by atoms with Crippen LogP contribution in [0.3, 0.4) is 0 Å². The van der Waals surface area contributed by atoms with E-state index in [0.717, 1.165) is 22.9 Å². The van der Waals surface area contributed by atoms with Gasteiger partial charge in [-0.15, -0.1) is 11.3 Å². The minimum Gasteiger partial charge on any atom is -0.360 e. The maximum absolute atomic E-state index is 9.97. The lowest BCUT2D eigenvalue weighted by molar-refractivity contribution is 0.549. The van der Waals surface area contributed by atoms with Crippen molar-refractivity contribution in [1.29, 1.82) is 0 Å². The van der Waals surface area contributed by atoms with Crippen LogP contribution in [-0.2, 0) is 4.79 Å². The summed E-state index contributed by atoms with van der Waals surface area (Å²) in [4.78, 5) is 18.4. The Morgan fingerprint density at radius 3 is 2.89 bits per heavy atom. The quantitative estimate of drug-likeness (QED) is 0.736. The van der Waals surface area contributed by atoms with Crippen molar-refractivity contribution in [3.63, 3.8) is 0 Å². The highest BCUT2D eigenvalue weighted by Crippen LogP contribution is 2.23. The number of hydrogen-bond donors (Lipinski definition) is 2. The third-order valence-electron chi connectivity index (χ3n) is 2.26. The predicted octanol–water partition coefficient (Wildman–Crippen LogP) is 1.32. The molecule has 2 aromatic heterocycles. The van der Waals surface area contributed by atoms with E-state index in [9.17, 15) is 4.79 Å². The van der Waals surface area contributed by atoms with Crippen molar-refractivity contribution < 1.29 is 4.79 Å². The molecule has 93 valence electrons. The normalized spacial score (nSPS) is 10.2. The summed E-state index contributed by atoms with van der Waals surface area (Å²) in [6.45, 7) is 1.70. The van der Waals surface area contributed by atoms with Crippen molar-refractivity contribution in [2.24, 2.45) is 0 Å². The summed E-state index contributed by atoms with van der Waals surface area (Å²) in [7, 11) is 0. The van der Waals surface area contributed by atoms with Gasteiger partial charge in [0, 0.05) is 36.4 Å². The first-order valence-electron chi connectivity index (χ1n) is 5.55. The summed E-state index contributed by atoms with van der Waals surface area (Å²) in [5.41, 5.74) is 2.00. The fraction of sp³-hybridized carbons (Fsp3) is 0.250. The molecule has 1 radical (unpaired) electrons. The molecule has 0 unspecified atom stereocenters. The molecule has 6 heteroatoms. The van der Waals surface area contributed by atoms with Gasteiger partial charge in [0.25, 0.3) is 0 Å². The Balaban J connectivity index is 1.85. The first-order chi connectivity index (χ1) is 8.90. The third kappa shape index (κ3) is 3.61. The molecule has 0 aliphatic rings. The number of thiazole rings is 1. The number of anilines is 1. The van der Waals surface area contributed by atoms with E-state index in [2.05, 4.69) is 20.6 Å². The van der Waals surface area contributed by atoms with Crippen molar-refractivity contribution in [1.82, 2.24) is 15.3 Å². The van der Waals surface area contributed by atoms with Crippen molar-refractivity contribution in [3.8, 4) is 11.3 Å². The van der Waals surface area contributed by atoms with Crippen LogP contribution in [0.5, 0.6) is 0 Å². The first kappa shape index (κ1) is 12.7. The van der Waals surface area contributed by atoms with Gasteiger partial charge in [0.1, 0.15) is 0 Å². The zero-order chi connectivity index (χ0) is 12.6. The van der Waals surface area contributed by atoms with E-state index in [1.54, 1.807) is 30.0 Å². The molecule has 0 aliphatic heterocycles. The molecule has 0 saturated heterocycles. The monoisotopic (exact) mass is 261 g/mol. The van der Waals surface area contributed by atoms with Crippen LogP contribution in [0.15, 0.2) is 29.9 Å². The lowest BCUT2D eigenvalue weighted by Crippen LogP contribution is -2.23. The Hall–Kier alpha value is -1.79. The molecule has 0 bridgehead atoms. The van der Waals surface area contributed by atoms with E-state index in [1.807, 2.05) is 17.5 Å². The number of carbonyl (C=O) groups excluding carboxylic acids is 1. The van der Waals surface area contributed by atoms with E-state index >= 15 is 0 Å². The maximum Gasteiger partial charge on any atom is 0.213 e. The Morgan fingerprint density at radius 1 is 1.28 bits per heavy atom. The molecule has 0 aliphatic carbocycles. The van der Waals surface area contributed by atoms with E-state index in [1.165, 1.54) is 0 Å². The molecule has 0 atom stereocenters. The van der Waals surface area contributed by atoms with Gasteiger partial charge in [-0.25, -0.2) is 4.98 Å². The van der Waals surface area contributed by atoms with Crippen LogP contribution in [0, 0.1) is 0 Å². The SMILES string of the molecule is O=[C]CNCCNc1nc(-c2ccncc2)cs1. The van der Waals surface area contributed by atoms with Crippen LogP contribution >= 0.6 is 11.3 Å². The second-order valence-electron chi connectivity index (χ2n) is 3.52. The number of nitrogens with one attached hydrogen (secondary N) is 2. The first-order valence-corrected chi connectivity index (χ1v) is 6.43. The van der Waals surface area contributed by atoms with E-state index in [4.69, 9.17) is 0 Å². The summed E-state index contributed by atoms with van der Waals surface area (Å²) in [6, 6.07) is 3.86. The van der Waals surface area contributed by atoms with Gasteiger partial charge in [0.05, 0.1) is 12.2 Å². The highest BCUT2D eigenvalue weighted by Gasteiger charge is 2.03. The minimum absolute atomic E-state index is 0.266. The van der Waals surface area contributed by atoms with Gasteiger partial charge in [-0.2, -0.15) is 0 Å². The molecule has 2 N–H and O–H groups in total. The van der Waals surface area contributed by atoms with E-state index in [-0.39, 0.29) is 6.54 Å². The predicted molar refractivity (Wildman–Crippen MR) is 72.4 cm³/mol. The molecule has 5 nitrogen and oxygen atoms in total.